The number of hydrogen-bond donors (Lipinski definition) is 2. The van der Waals surface area contributed by atoms with Crippen LogP contribution in [-0.2, 0) is 9.53 Å². The van der Waals surface area contributed by atoms with Gasteiger partial charge in [0.2, 0.25) is 5.91 Å². The molecule has 1 saturated heterocycles. The SMILES string of the molecule is CCCNC1COCC1C(=O)Nc1cnn(C(C)C)c1. The van der Waals surface area contributed by atoms with Gasteiger partial charge in [-0.05, 0) is 26.8 Å². The van der Waals surface area contributed by atoms with Crippen molar-refractivity contribution in [3.05, 3.63) is 12.4 Å². The zero-order valence-electron chi connectivity index (χ0n) is 12.4. The molecule has 2 atom stereocenters. The first kappa shape index (κ1) is 15.0. The van der Waals surface area contributed by atoms with E-state index in [2.05, 4.69) is 22.7 Å². The van der Waals surface area contributed by atoms with Gasteiger partial charge >= 0.3 is 0 Å². The largest absolute Gasteiger partial charge is 0.379 e. The van der Waals surface area contributed by atoms with Crippen molar-refractivity contribution in [2.45, 2.75) is 39.3 Å². The highest BCUT2D eigenvalue weighted by atomic mass is 16.5. The first-order valence-corrected chi connectivity index (χ1v) is 7.28. The zero-order valence-corrected chi connectivity index (χ0v) is 12.4. The molecule has 1 aliphatic heterocycles. The van der Waals surface area contributed by atoms with E-state index in [4.69, 9.17) is 4.74 Å². The quantitative estimate of drug-likeness (QED) is 0.827. The smallest absolute Gasteiger partial charge is 0.231 e. The van der Waals surface area contributed by atoms with Crippen LogP contribution >= 0.6 is 0 Å². The third kappa shape index (κ3) is 3.58. The van der Waals surface area contributed by atoms with E-state index in [-0.39, 0.29) is 23.9 Å². The molecule has 0 saturated carbocycles. The van der Waals surface area contributed by atoms with Crippen molar-refractivity contribution in [2.75, 3.05) is 25.1 Å². The number of aromatic nitrogens is 2. The van der Waals surface area contributed by atoms with Crippen LogP contribution in [0.3, 0.4) is 0 Å². The Hall–Kier alpha value is -1.40. The van der Waals surface area contributed by atoms with Gasteiger partial charge in [-0.1, -0.05) is 6.92 Å². The maximum Gasteiger partial charge on any atom is 0.231 e. The normalized spacial score (nSPS) is 22.4. The molecule has 1 aromatic heterocycles. The van der Waals surface area contributed by atoms with Crippen LogP contribution in [-0.4, -0.2) is 41.5 Å². The molecule has 1 fully saturated rings. The minimum Gasteiger partial charge on any atom is -0.379 e. The van der Waals surface area contributed by atoms with Crippen LogP contribution in [0.15, 0.2) is 12.4 Å². The number of anilines is 1. The third-order valence-electron chi connectivity index (χ3n) is 3.47. The molecule has 20 heavy (non-hydrogen) atoms. The van der Waals surface area contributed by atoms with Crippen LogP contribution < -0.4 is 10.6 Å². The Morgan fingerprint density at radius 3 is 3.00 bits per heavy atom. The minimum atomic E-state index is -0.135. The van der Waals surface area contributed by atoms with E-state index in [1.165, 1.54) is 0 Å². The summed E-state index contributed by atoms with van der Waals surface area (Å²) in [5.41, 5.74) is 0.741. The van der Waals surface area contributed by atoms with Gasteiger partial charge in [0.05, 0.1) is 31.0 Å². The summed E-state index contributed by atoms with van der Waals surface area (Å²) in [6, 6.07) is 0.393. The van der Waals surface area contributed by atoms with Gasteiger partial charge in [0.15, 0.2) is 0 Å². The molecule has 0 radical (unpaired) electrons. The fraction of sp³-hybridized carbons (Fsp3) is 0.714. The maximum atomic E-state index is 12.3. The first-order valence-electron chi connectivity index (χ1n) is 7.28. The summed E-state index contributed by atoms with van der Waals surface area (Å²) in [5, 5.41) is 10.5. The molecule has 1 aromatic rings. The highest BCUT2D eigenvalue weighted by molar-refractivity contribution is 5.93. The van der Waals surface area contributed by atoms with Gasteiger partial charge in [-0.3, -0.25) is 9.48 Å². The van der Waals surface area contributed by atoms with Crippen LogP contribution in [0.2, 0.25) is 0 Å². The summed E-state index contributed by atoms with van der Waals surface area (Å²) in [4.78, 5) is 12.3. The highest BCUT2D eigenvalue weighted by Gasteiger charge is 2.33. The van der Waals surface area contributed by atoms with Gasteiger partial charge in [-0.15, -0.1) is 0 Å². The molecule has 0 spiro atoms. The van der Waals surface area contributed by atoms with Crippen LogP contribution in [0, 0.1) is 5.92 Å². The standard InChI is InChI=1S/C14H24N4O2/c1-4-5-15-13-9-20-8-12(13)14(19)17-11-6-16-18(7-11)10(2)3/h6-7,10,12-13,15H,4-5,8-9H2,1-3H3,(H,17,19). The van der Waals surface area contributed by atoms with E-state index in [1.807, 2.05) is 24.7 Å². The molecule has 2 N–H and O–H groups in total. The fourth-order valence-corrected chi connectivity index (χ4v) is 2.26. The molecule has 6 heteroatoms. The Labute approximate surface area is 119 Å². The predicted octanol–water partition coefficient (Wildman–Crippen LogP) is 1.42. The lowest BCUT2D eigenvalue weighted by Gasteiger charge is -2.17. The molecule has 2 rings (SSSR count). The number of nitrogens with one attached hydrogen (secondary N) is 2. The number of amides is 1. The van der Waals surface area contributed by atoms with E-state index in [0.717, 1.165) is 18.7 Å². The summed E-state index contributed by atoms with van der Waals surface area (Å²) >= 11 is 0. The number of nitrogens with zero attached hydrogens (tertiary/aromatic N) is 2. The Balaban J connectivity index is 1.92. The van der Waals surface area contributed by atoms with Crippen molar-refractivity contribution in [1.82, 2.24) is 15.1 Å². The van der Waals surface area contributed by atoms with Gasteiger partial charge in [0, 0.05) is 18.3 Å². The Kier molecular flexibility index (Phi) is 5.14. The average Bonchev–Trinajstić information content (AvgIpc) is 3.04. The summed E-state index contributed by atoms with van der Waals surface area (Å²) in [6.45, 7) is 8.19. The van der Waals surface area contributed by atoms with E-state index in [1.54, 1.807) is 6.20 Å². The van der Waals surface area contributed by atoms with Crippen LogP contribution in [0.5, 0.6) is 0 Å². The second kappa shape index (κ2) is 6.85. The summed E-state index contributed by atoms with van der Waals surface area (Å²) in [5.74, 6) is -0.136. The van der Waals surface area contributed by atoms with Gasteiger partial charge in [-0.2, -0.15) is 5.10 Å². The molecule has 2 heterocycles. The van der Waals surface area contributed by atoms with Gasteiger partial charge in [0.25, 0.3) is 0 Å². The van der Waals surface area contributed by atoms with Crippen molar-refractivity contribution in [3.63, 3.8) is 0 Å². The molecule has 112 valence electrons. The number of ether oxygens (including phenoxy) is 1. The van der Waals surface area contributed by atoms with E-state index in [9.17, 15) is 4.79 Å². The molecule has 6 nitrogen and oxygen atoms in total. The van der Waals surface area contributed by atoms with Crippen LogP contribution in [0.4, 0.5) is 5.69 Å². The summed E-state index contributed by atoms with van der Waals surface area (Å²) in [6.07, 6.45) is 4.58. The lowest BCUT2D eigenvalue weighted by atomic mass is 10.0. The molecule has 2 unspecified atom stereocenters. The highest BCUT2D eigenvalue weighted by Crippen LogP contribution is 2.17. The van der Waals surface area contributed by atoms with E-state index in [0.29, 0.717) is 13.2 Å². The number of carbonyl (C=O) groups excluding carboxylic acids is 1. The number of rotatable bonds is 6. The molecule has 1 aliphatic rings. The van der Waals surface area contributed by atoms with E-state index < -0.39 is 0 Å². The molecule has 0 bridgehead atoms. The number of hydrogen-bond acceptors (Lipinski definition) is 4. The van der Waals surface area contributed by atoms with Crippen molar-refractivity contribution in [2.24, 2.45) is 5.92 Å². The summed E-state index contributed by atoms with van der Waals surface area (Å²) in [7, 11) is 0. The van der Waals surface area contributed by atoms with Gasteiger partial charge in [-0.25, -0.2) is 0 Å². The predicted molar refractivity (Wildman–Crippen MR) is 77.6 cm³/mol. The molecular weight excluding hydrogens is 256 g/mol. The Morgan fingerprint density at radius 1 is 1.55 bits per heavy atom. The molecule has 1 amide bonds. The Morgan fingerprint density at radius 2 is 2.35 bits per heavy atom. The van der Waals surface area contributed by atoms with Gasteiger partial charge < -0.3 is 15.4 Å². The van der Waals surface area contributed by atoms with Crippen molar-refractivity contribution < 1.29 is 9.53 Å². The second-order valence-electron chi connectivity index (χ2n) is 5.50. The monoisotopic (exact) mass is 280 g/mol. The zero-order chi connectivity index (χ0) is 14.5. The van der Waals surface area contributed by atoms with Crippen molar-refractivity contribution in [3.8, 4) is 0 Å². The second-order valence-corrected chi connectivity index (χ2v) is 5.50. The first-order chi connectivity index (χ1) is 9.61. The molecular formula is C14H24N4O2. The average molecular weight is 280 g/mol. The molecule has 0 aliphatic carbocycles. The van der Waals surface area contributed by atoms with Gasteiger partial charge in [0.1, 0.15) is 0 Å². The third-order valence-corrected chi connectivity index (χ3v) is 3.47. The summed E-state index contributed by atoms with van der Waals surface area (Å²) < 4.78 is 7.25. The van der Waals surface area contributed by atoms with Crippen LogP contribution in [0.25, 0.3) is 0 Å². The topological polar surface area (TPSA) is 68.2 Å². The minimum absolute atomic E-state index is 0.000547. The fourth-order valence-electron chi connectivity index (χ4n) is 2.26. The van der Waals surface area contributed by atoms with E-state index >= 15 is 0 Å². The maximum absolute atomic E-state index is 12.3. The van der Waals surface area contributed by atoms with Crippen LogP contribution in [0.1, 0.15) is 33.2 Å². The Bertz CT molecular complexity index is 444. The lowest BCUT2D eigenvalue weighted by Crippen LogP contribution is -2.41. The molecule has 0 aromatic carbocycles. The lowest BCUT2D eigenvalue weighted by molar-refractivity contribution is -0.120. The van der Waals surface area contributed by atoms with Crippen molar-refractivity contribution in [1.29, 1.82) is 0 Å². The van der Waals surface area contributed by atoms with Crippen molar-refractivity contribution >= 4 is 11.6 Å². The number of carbonyl (C=O) groups is 1.